The van der Waals surface area contributed by atoms with Crippen molar-refractivity contribution in [3.05, 3.63) is 71.5 Å². The summed E-state index contributed by atoms with van der Waals surface area (Å²) in [6.45, 7) is 10.4. The summed E-state index contributed by atoms with van der Waals surface area (Å²) < 4.78 is 2.19. The van der Waals surface area contributed by atoms with Gasteiger partial charge in [-0.05, 0) is 56.7 Å². The SMILES string of the molecule is CCCCC(CC)C(=O)N1CCN(C(=O)CCCCSc2nnc(Cc3ccccc3)n2-c2ccccc2C)CC1C. The third-order valence-corrected chi connectivity index (χ3v) is 9.30. The summed E-state index contributed by atoms with van der Waals surface area (Å²) in [5.41, 5.74) is 3.49. The minimum Gasteiger partial charge on any atom is -0.339 e. The lowest BCUT2D eigenvalue weighted by Crippen LogP contribution is -2.56. The summed E-state index contributed by atoms with van der Waals surface area (Å²) in [6.07, 6.45) is 7.07. The highest BCUT2D eigenvalue weighted by Crippen LogP contribution is 2.27. The molecular formula is C34H47N5O2S. The van der Waals surface area contributed by atoms with Crippen molar-refractivity contribution in [3.8, 4) is 5.69 Å². The molecule has 0 spiro atoms. The number of benzene rings is 2. The topological polar surface area (TPSA) is 71.3 Å². The van der Waals surface area contributed by atoms with Crippen LogP contribution in [-0.2, 0) is 16.0 Å². The molecule has 2 aromatic carbocycles. The number of unbranched alkanes of at least 4 members (excludes halogenated alkanes) is 2. The van der Waals surface area contributed by atoms with Gasteiger partial charge in [0.1, 0.15) is 5.82 Å². The van der Waals surface area contributed by atoms with Crippen LogP contribution in [0.4, 0.5) is 0 Å². The molecule has 1 aliphatic heterocycles. The van der Waals surface area contributed by atoms with Crippen LogP contribution in [-0.4, -0.2) is 67.8 Å². The zero-order valence-electron chi connectivity index (χ0n) is 25.8. The Morgan fingerprint density at radius 2 is 1.74 bits per heavy atom. The molecule has 2 unspecified atom stereocenters. The number of rotatable bonds is 14. The molecule has 2 amide bonds. The summed E-state index contributed by atoms with van der Waals surface area (Å²) in [5, 5.41) is 10.0. The lowest BCUT2D eigenvalue weighted by Gasteiger charge is -2.41. The molecule has 0 bridgehead atoms. The number of nitrogens with zero attached hydrogens (tertiary/aromatic N) is 5. The second kappa shape index (κ2) is 15.9. The van der Waals surface area contributed by atoms with E-state index >= 15 is 0 Å². The number of carbonyl (C=O) groups excluding carboxylic acids is 2. The molecule has 1 aliphatic rings. The average Bonchev–Trinajstić information content (AvgIpc) is 3.39. The Labute approximate surface area is 256 Å². The summed E-state index contributed by atoms with van der Waals surface area (Å²) >= 11 is 1.70. The van der Waals surface area contributed by atoms with Crippen molar-refractivity contribution in [2.45, 2.75) is 90.3 Å². The average molecular weight is 590 g/mol. The highest BCUT2D eigenvalue weighted by molar-refractivity contribution is 7.99. The molecule has 0 N–H and O–H groups in total. The maximum Gasteiger partial charge on any atom is 0.226 e. The van der Waals surface area contributed by atoms with Gasteiger partial charge in [-0.25, -0.2) is 0 Å². The van der Waals surface area contributed by atoms with E-state index in [0.29, 0.717) is 32.5 Å². The molecule has 2 heterocycles. The van der Waals surface area contributed by atoms with Crippen LogP contribution in [0.25, 0.3) is 5.69 Å². The van der Waals surface area contributed by atoms with E-state index in [0.717, 1.165) is 60.9 Å². The second-order valence-electron chi connectivity index (χ2n) is 11.5. The van der Waals surface area contributed by atoms with Gasteiger partial charge in [-0.1, -0.05) is 87.0 Å². The molecular weight excluding hydrogens is 542 g/mol. The summed E-state index contributed by atoms with van der Waals surface area (Å²) in [4.78, 5) is 30.1. The summed E-state index contributed by atoms with van der Waals surface area (Å²) in [6, 6.07) is 18.8. The van der Waals surface area contributed by atoms with Gasteiger partial charge in [0.2, 0.25) is 11.8 Å². The molecule has 2 atom stereocenters. The molecule has 7 nitrogen and oxygen atoms in total. The molecule has 0 aliphatic carbocycles. The smallest absolute Gasteiger partial charge is 0.226 e. The third kappa shape index (κ3) is 8.24. The standard InChI is InChI=1S/C34H47N5O2S/c1-5-7-18-29(6-2)33(41)38-22-21-37(25-27(38)4)32(40)20-13-14-23-42-34-36-35-31(24-28-16-9-8-10-17-28)39(34)30-19-12-11-15-26(30)3/h8-12,15-17,19,27,29H,5-7,13-14,18,20-25H2,1-4H3. The Kier molecular flexibility index (Phi) is 12.1. The van der Waals surface area contributed by atoms with Gasteiger partial charge in [-0.3, -0.25) is 14.2 Å². The van der Waals surface area contributed by atoms with Crippen LogP contribution in [0.5, 0.6) is 0 Å². The van der Waals surface area contributed by atoms with E-state index in [1.165, 1.54) is 11.1 Å². The van der Waals surface area contributed by atoms with E-state index in [-0.39, 0.29) is 23.8 Å². The maximum atomic E-state index is 13.1. The van der Waals surface area contributed by atoms with Crippen LogP contribution in [0.15, 0.2) is 59.8 Å². The second-order valence-corrected chi connectivity index (χ2v) is 12.5. The van der Waals surface area contributed by atoms with E-state index in [1.807, 2.05) is 15.9 Å². The highest BCUT2D eigenvalue weighted by atomic mass is 32.2. The van der Waals surface area contributed by atoms with Gasteiger partial charge in [0.25, 0.3) is 0 Å². The van der Waals surface area contributed by atoms with Gasteiger partial charge >= 0.3 is 0 Å². The molecule has 0 radical (unpaired) electrons. The van der Waals surface area contributed by atoms with E-state index in [4.69, 9.17) is 0 Å². The summed E-state index contributed by atoms with van der Waals surface area (Å²) in [5.74, 6) is 2.38. The van der Waals surface area contributed by atoms with Crippen LogP contribution in [0, 0.1) is 12.8 Å². The van der Waals surface area contributed by atoms with Crippen LogP contribution in [0.3, 0.4) is 0 Å². The molecule has 8 heteroatoms. The Morgan fingerprint density at radius 1 is 0.976 bits per heavy atom. The maximum absolute atomic E-state index is 13.1. The number of aromatic nitrogens is 3. The lowest BCUT2D eigenvalue weighted by molar-refractivity contribution is -0.145. The Balaban J connectivity index is 1.27. The van der Waals surface area contributed by atoms with Crippen LogP contribution < -0.4 is 0 Å². The zero-order chi connectivity index (χ0) is 29.9. The van der Waals surface area contributed by atoms with E-state index in [9.17, 15) is 9.59 Å². The number of hydrogen-bond donors (Lipinski definition) is 0. The van der Waals surface area contributed by atoms with E-state index in [1.54, 1.807) is 11.8 Å². The van der Waals surface area contributed by atoms with Crippen LogP contribution >= 0.6 is 11.8 Å². The lowest BCUT2D eigenvalue weighted by atomic mass is 9.96. The van der Waals surface area contributed by atoms with Crippen LogP contribution in [0.1, 0.15) is 82.7 Å². The number of carbonyl (C=O) groups is 2. The minimum absolute atomic E-state index is 0.0688. The fraction of sp³-hybridized carbons (Fsp3) is 0.529. The monoisotopic (exact) mass is 589 g/mol. The van der Waals surface area contributed by atoms with E-state index < -0.39 is 0 Å². The molecule has 3 aromatic rings. The van der Waals surface area contributed by atoms with Crippen molar-refractivity contribution >= 4 is 23.6 Å². The van der Waals surface area contributed by atoms with Gasteiger partial charge in [0, 0.05) is 50.2 Å². The normalized spacial score (nSPS) is 16.0. The highest BCUT2D eigenvalue weighted by Gasteiger charge is 2.32. The van der Waals surface area contributed by atoms with Crippen molar-refractivity contribution in [3.63, 3.8) is 0 Å². The predicted molar refractivity (Wildman–Crippen MR) is 171 cm³/mol. The molecule has 1 aromatic heterocycles. The first kappa shape index (κ1) is 31.8. The number of piperazine rings is 1. The van der Waals surface area contributed by atoms with Crippen molar-refractivity contribution < 1.29 is 9.59 Å². The molecule has 4 rings (SSSR count). The van der Waals surface area contributed by atoms with E-state index in [2.05, 4.69) is 91.0 Å². The first-order valence-electron chi connectivity index (χ1n) is 15.7. The summed E-state index contributed by atoms with van der Waals surface area (Å²) in [7, 11) is 0. The van der Waals surface area contributed by atoms with Crippen molar-refractivity contribution in [1.29, 1.82) is 0 Å². The molecule has 1 fully saturated rings. The fourth-order valence-electron chi connectivity index (χ4n) is 5.74. The quantitative estimate of drug-likeness (QED) is 0.155. The first-order chi connectivity index (χ1) is 20.4. The van der Waals surface area contributed by atoms with Gasteiger partial charge < -0.3 is 9.80 Å². The van der Waals surface area contributed by atoms with Gasteiger partial charge in [-0.15, -0.1) is 10.2 Å². The van der Waals surface area contributed by atoms with Crippen molar-refractivity contribution in [1.82, 2.24) is 24.6 Å². The van der Waals surface area contributed by atoms with Crippen molar-refractivity contribution in [2.24, 2.45) is 5.92 Å². The number of thioether (sulfide) groups is 1. The fourth-order valence-corrected chi connectivity index (χ4v) is 6.70. The number of hydrogen-bond acceptors (Lipinski definition) is 5. The van der Waals surface area contributed by atoms with Crippen LogP contribution in [0.2, 0.25) is 0 Å². The van der Waals surface area contributed by atoms with Gasteiger partial charge in [-0.2, -0.15) is 0 Å². The molecule has 226 valence electrons. The predicted octanol–water partition coefficient (Wildman–Crippen LogP) is 6.70. The Morgan fingerprint density at radius 3 is 2.45 bits per heavy atom. The molecule has 0 saturated carbocycles. The number of amides is 2. The molecule has 1 saturated heterocycles. The van der Waals surface area contributed by atoms with Gasteiger partial charge in [0.15, 0.2) is 5.16 Å². The number of para-hydroxylation sites is 1. The molecule has 42 heavy (non-hydrogen) atoms. The first-order valence-corrected chi connectivity index (χ1v) is 16.7. The van der Waals surface area contributed by atoms with Gasteiger partial charge in [0.05, 0.1) is 5.69 Å². The number of aryl methyl sites for hydroxylation is 1. The third-order valence-electron chi connectivity index (χ3n) is 8.29. The zero-order valence-corrected chi connectivity index (χ0v) is 26.6. The Hall–Kier alpha value is -3.13. The van der Waals surface area contributed by atoms with Crippen molar-refractivity contribution in [2.75, 3.05) is 25.4 Å². The minimum atomic E-state index is 0.0688. The Bertz CT molecular complexity index is 1290. The largest absolute Gasteiger partial charge is 0.339 e.